The highest BCUT2D eigenvalue weighted by Gasteiger charge is 2.13. The maximum Gasteiger partial charge on any atom is 0.255 e. The van der Waals surface area contributed by atoms with Crippen molar-refractivity contribution >= 4 is 46.4 Å². The largest absolute Gasteiger partial charge is 0.324 e. The Kier molecular flexibility index (Phi) is 4.62. The van der Waals surface area contributed by atoms with Crippen molar-refractivity contribution in [3.8, 4) is 5.69 Å². The maximum atomic E-state index is 12.3. The second-order valence-corrected chi connectivity index (χ2v) is 6.09. The monoisotopic (exact) mass is 364 g/mol. The number of carbonyl (C=O) groups excluding carboxylic acids is 1. The molecule has 1 heterocycles. The van der Waals surface area contributed by atoms with Gasteiger partial charge < -0.3 is 9.88 Å². The van der Waals surface area contributed by atoms with E-state index in [0.717, 1.165) is 5.69 Å². The number of hydrogen-bond donors (Lipinski definition) is 1. The molecule has 3 aromatic rings. The molecule has 0 bridgehead atoms. The molecular formula is C17H11Cl3N2O. The molecule has 0 saturated heterocycles. The highest BCUT2D eigenvalue weighted by molar-refractivity contribution is 6.42. The van der Waals surface area contributed by atoms with Gasteiger partial charge in [0.05, 0.1) is 15.7 Å². The SMILES string of the molecule is O=C(Nc1c(Cl)cc(Cl)cc1Cl)c1ccc(-n2cccc2)cc1. The fourth-order valence-corrected chi connectivity index (χ4v) is 3.05. The van der Waals surface area contributed by atoms with E-state index in [1.54, 1.807) is 12.1 Å². The minimum atomic E-state index is -0.296. The van der Waals surface area contributed by atoms with Gasteiger partial charge in [0.25, 0.3) is 5.91 Å². The average molecular weight is 366 g/mol. The van der Waals surface area contributed by atoms with Gasteiger partial charge in [0.15, 0.2) is 0 Å². The van der Waals surface area contributed by atoms with Crippen molar-refractivity contribution < 1.29 is 4.79 Å². The standard InChI is InChI=1S/C17H11Cl3N2O/c18-12-9-14(19)16(15(20)10-12)21-17(23)11-3-5-13(6-4-11)22-7-1-2-8-22/h1-10H,(H,21,23). The van der Waals surface area contributed by atoms with Crippen molar-refractivity contribution in [2.45, 2.75) is 0 Å². The van der Waals surface area contributed by atoms with Crippen LogP contribution in [0.25, 0.3) is 5.69 Å². The molecule has 116 valence electrons. The zero-order valence-corrected chi connectivity index (χ0v) is 14.0. The molecule has 3 nitrogen and oxygen atoms in total. The van der Waals surface area contributed by atoms with Crippen LogP contribution in [0.5, 0.6) is 0 Å². The number of halogens is 3. The molecule has 23 heavy (non-hydrogen) atoms. The van der Waals surface area contributed by atoms with Crippen LogP contribution < -0.4 is 5.32 Å². The number of nitrogens with zero attached hydrogens (tertiary/aromatic N) is 1. The van der Waals surface area contributed by atoms with Gasteiger partial charge in [0, 0.05) is 28.7 Å². The fraction of sp³-hybridized carbons (Fsp3) is 0. The molecule has 2 aromatic carbocycles. The van der Waals surface area contributed by atoms with Crippen molar-refractivity contribution in [3.05, 3.63) is 81.6 Å². The Balaban J connectivity index is 1.81. The van der Waals surface area contributed by atoms with Crippen LogP contribution in [0.3, 0.4) is 0 Å². The predicted molar refractivity (Wildman–Crippen MR) is 95.2 cm³/mol. The highest BCUT2D eigenvalue weighted by Crippen LogP contribution is 2.33. The third-order valence-electron chi connectivity index (χ3n) is 3.28. The van der Waals surface area contributed by atoms with E-state index >= 15 is 0 Å². The van der Waals surface area contributed by atoms with Crippen LogP contribution in [0.2, 0.25) is 15.1 Å². The van der Waals surface area contributed by atoms with Crippen molar-refractivity contribution in [1.82, 2.24) is 4.57 Å². The Hall–Kier alpha value is -1.94. The van der Waals surface area contributed by atoms with Gasteiger partial charge in [-0.3, -0.25) is 4.79 Å². The lowest BCUT2D eigenvalue weighted by atomic mass is 10.2. The first-order chi connectivity index (χ1) is 11.0. The molecule has 0 radical (unpaired) electrons. The molecule has 6 heteroatoms. The Labute approximate surface area is 148 Å². The van der Waals surface area contributed by atoms with Gasteiger partial charge in [-0.1, -0.05) is 34.8 Å². The van der Waals surface area contributed by atoms with Gasteiger partial charge in [-0.05, 0) is 48.5 Å². The van der Waals surface area contributed by atoms with Crippen molar-refractivity contribution in [2.24, 2.45) is 0 Å². The Bertz CT molecular complexity index is 820. The second-order valence-electron chi connectivity index (χ2n) is 4.84. The van der Waals surface area contributed by atoms with Crippen LogP contribution in [-0.4, -0.2) is 10.5 Å². The van der Waals surface area contributed by atoms with Crippen LogP contribution in [0.15, 0.2) is 60.9 Å². The first-order valence-corrected chi connectivity index (χ1v) is 7.87. The van der Waals surface area contributed by atoms with Gasteiger partial charge in [-0.25, -0.2) is 0 Å². The van der Waals surface area contributed by atoms with Gasteiger partial charge in [0.1, 0.15) is 0 Å². The summed E-state index contributed by atoms with van der Waals surface area (Å²) in [6.45, 7) is 0. The summed E-state index contributed by atoms with van der Waals surface area (Å²) in [6, 6.07) is 14.1. The zero-order valence-electron chi connectivity index (χ0n) is 11.8. The molecule has 0 aliphatic carbocycles. The number of anilines is 1. The molecular weight excluding hydrogens is 355 g/mol. The summed E-state index contributed by atoms with van der Waals surface area (Å²) in [4.78, 5) is 12.3. The molecule has 0 aliphatic rings. The molecule has 0 spiro atoms. The molecule has 0 fully saturated rings. The minimum Gasteiger partial charge on any atom is -0.324 e. The van der Waals surface area contributed by atoms with Crippen LogP contribution in [0.1, 0.15) is 10.4 Å². The van der Waals surface area contributed by atoms with Crippen LogP contribution >= 0.6 is 34.8 Å². The van der Waals surface area contributed by atoms with Crippen molar-refractivity contribution in [1.29, 1.82) is 0 Å². The van der Waals surface area contributed by atoms with Crippen molar-refractivity contribution in [2.75, 3.05) is 5.32 Å². The molecule has 0 atom stereocenters. The normalized spacial score (nSPS) is 10.6. The minimum absolute atomic E-state index is 0.291. The summed E-state index contributed by atoms with van der Waals surface area (Å²) < 4.78 is 1.95. The number of hydrogen-bond acceptors (Lipinski definition) is 1. The van der Waals surface area contributed by atoms with E-state index in [1.807, 2.05) is 41.2 Å². The van der Waals surface area contributed by atoms with E-state index in [0.29, 0.717) is 26.3 Å². The topological polar surface area (TPSA) is 34.0 Å². The number of carbonyl (C=O) groups is 1. The summed E-state index contributed by atoms with van der Waals surface area (Å²) in [6.07, 6.45) is 3.87. The molecule has 1 N–H and O–H groups in total. The molecule has 1 aromatic heterocycles. The third kappa shape index (κ3) is 3.53. The number of nitrogens with one attached hydrogen (secondary N) is 1. The molecule has 0 aliphatic heterocycles. The van der Waals surface area contributed by atoms with Gasteiger partial charge >= 0.3 is 0 Å². The summed E-state index contributed by atoms with van der Waals surface area (Å²) in [5.41, 5.74) is 1.81. The number of benzene rings is 2. The highest BCUT2D eigenvalue weighted by atomic mass is 35.5. The Morgan fingerprint density at radius 3 is 2.04 bits per heavy atom. The predicted octanol–water partition coefficient (Wildman–Crippen LogP) is 5.69. The third-order valence-corrected chi connectivity index (χ3v) is 4.09. The van der Waals surface area contributed by atoms with Crippen LogP contribution in [-0.2, 0) is 0 Å². The lowest BCUT2D eigenvalue weighted by molar-refractivity contribution is 0.102. The molecule has 1 amide bonds. The Morgan fingerprint density at radius 1 is 0.913 bits per heavy atom. The van der Waals surface area contributed by atoms with E-state index in [2.05, 4.69) is 5.32 Å². The molecule has 0 saturated carbocycles. The molecule has 0 unspecified atom stereocenters. The fourth-order valence-electron chi connectivity index (χ4n) is 2.14. The summed E-state index contributed by atoms with van der Waals surface area (Å²) in [7, 11) is 0. The second kappa shape index (κ2) is 6.67. The lowest BCUT2D eigenvalue weighted by Crippen LogP contribution is -2.12. The zero-order chi connectivity index (χ0) is 16.4. The van der Waals surface area contributed by atoms with Gasteiger partial charge in [-0.2, -0.15) is 0 Å². The summed E-state index contributed by atoms with van der Waals surface area (Å²) in [5.74, 6) is -0.296. The molecule has 3 rings (SSSR count). The summed E-state index contributed by atoms with van der Waals surface area (Å²) in [5, 5.41) is 3.70. The smallest absolute Gasteiger partial charge is 0.255 e. The van der Waals surface area contributed by atoms with E-state index in [-0.39, 0.29) is 5.91 Å². The van der Waals surface area contributed by atoms with E-state index in [4.69, 9.17) is 34.8 Å². The number of amides is 1. The van der Waals surface area contributed by atoms with E-state index < -0.39 is 0 Å². The van der Waals surface area contributed by atoms with Crippen LogP contribution in [0.4, 0.5) is 5.69 Å². The van der Waals surface area contributed by atoms with Crippen LogP contribution in [0, 0.1) is 0 Å². The first kappa shape index (κ1) is 15.9. The number of rotatable bonds is 3. The maximum absolute atomic E-state index is 12.3. The van der Waals surface area contributed by atoms with Gasteiger partial charge in [-0.15, -0.1) is 0 Å². The van der Waals surface area contributed by atoms with Crippen molar-refractivity contribution in [3.63, 3.8) is 0 Å². The van der Waals surface area contributed by atoms with E-state index in [1.165, 1.54) is 12.1 Å². The van der Waals surface area contributed by atoms with Gasteiger partial charge in [0.2, 0.25) is 0 Å². The van der Waals surface area contributed by atoms with E-state index in [9.17, 15) is 4.79 Å². The lowest BCUT2D eigenvalue weighted by Gasteiger charge is -2.10. The quantitative estimate of drug-likeness (QED) is 0.635. The summed E-state index contributed by atoms with van der Waals surface area (Å²) >= 11 is 18.0. The Morgan fingerprint density at radius 2 is 1.48 bits per heavy atom. The average Bonchev–Trinajstić information content (AvgIpc) is 3.05. The first-order valence-electron chi connectivity index (χ1n) is 6.74. The number of aromatic nitrogens is 1.